The maximum Gasteiger partial charge on any atom is 0.264 e. The number of sulfonamides is 1. The van der Waals surface area contributed by atoms with E-state index in [1.165, 1.54) is 27.8 Å². The molecule has 5 aromatic rings. The van der Waals surface area contributed by atoms with Crippen LogP contribution in [-0.2, 0) is 23.0 Å². The zero-order valence-corrected chi connectivity index (χ0v) is 24.1. The number of aromatic nitrogens is 2. The van der Waals surface area contributed by atoms with Crippen molar-refractivity contribution in [3.05, 3.63) is 108 Å². The fourth-order valence-corrected chi connectivity index (χ4v) is 7.50. The summed E-state index contributed by atoms with van der Waals surface area (Å²) in [6.07, 6.45) is 5.00. The van der Waals surface area contributed by atoms with Crippen molar-refractivity contribution in [1.82, 2.24) is 9.97 Å². The number of hydrogen-bond donors (Lipinski definition) is 0. The van der Waals surface area contributed by atoms with Crippen molar-refractivity contribution >= 4 is 48.3 Å². The van der Waals surface area contributed by atoms with Crippen molar-refractivity contribution in [1.29, 1.82) is 0 Å². The minimum atomic E-state index is -3.79. The van der Waals surface area contributed by atoms with E-state index in [0.717, 1.165) is 39.9 Å². The molecule has 0 N–H and O–H groups in total. The van der Waals surface area contributed by atoms with E-state index >= 15 is 0 Å². The Kier molecular flexibility index (Phi) is 7.42. The third-order valence-electron chi connectivity index (χ3n) is 6.96. The molecule has 3 heterocycles. The Bertz CT molecular complexity index is 1810. The van der Waals surface area contributed by atoms with E-state index < -0.39 is 10.0 Å². The minimum absolute atomic E-state index is 0.146. The van der Waals surface area contributed by atoms with Crippen molar-refractivity contribution in [2.75, 3.05) is 22.4 Å². The fourth-order valence-electron chi connectivity index (χ4n) is 4.97. The standard InChI is InChI=1S/C31H28N4O4S2/c1-2-39-25-13-16-27-29(19-25)40-31(33-27)34(21-22-7-5-17-32-20-22)30(36)24-11-14-26(15-12-24)41(37,38)35-18-6-9-23-8-3-4-10-28(23)35/h3-5,7-8,10-17,19-20H,2,6,9,18,21H2,1H3. The normalized spacial score (nSPS) is 13.1. The first-order chi connectivity index (χ1) is 19.9. The lowest BCUT2D eigenvalue weighted by Crippen LogP contribution is -2.35. The van der Waals surface area contributed by atoms with Gasteiger partial charge in [-0.15, -0.1) is 0 Å². The van der Waals surface area contributed by atoms with Crippen LogP contribution in [0.2, 0.25) is 0 Å². The number of para-hydroxylation sites is 1. The van der Waals surface area contributed by atoms with Gasteiger partial charge < -0.3 is 4.74 Å². The van der Waals surface area contributed by atoms with E-state index in [4.69, 9.17) is 9.72 Å². The van der Waals surface area contributed by atoms with Crippen molar-refractivity contribution in [3.8, 4) is 5.75 Å². The molecule has 1 aliphatic rings. The van der Waals surface area contributed by atoms with Crippen molar-refractivity contribution in [2.45, 2.75) is 31.2 Å². The van der Waals surface area contributed by atoms with Crippen LogP contribution in [-0.4, -0.2) is 37.4 Å². The van der Waals surface area contributed by atoms with Crippen LogP contribution in [0.4, 0.5) is 10.8 Å². The SMILES string of the molecule is CCOc1ccc2nc(N(Cc3cccnc3)C(=O)c3ccc(S(=O)(=O)N4CCCc5ccccc54)cc3)sc2c1. The average Bonchev–Trinajstić information content (AvgIpc) is 3.43. The van der Waals surface area contributed by atoms with Gasteiger partial charge in [-0.2, -0.15) is 0 Å². The van der Waals surface area contributed by atoms with Gasteiger partial charge in [0.1, 0.15) is 5.75 Å². The summed E-state index contributed by atoms with van der Waals surface area (Å²) in [5.74, 6) is 0.457. The molecule has 8 nitrogen and oxygen atoms in total. The monoisotopic (exact) mass is 584 g/mol. The summed E-state index contributed by atoms with van der Waals surface area (Å²) >= 11 is 1.40. The lowest BCUT2D eigenvalue weighted by atomic mass is 10.0. The van der Waals surface area contributed by atoms with Gasteiger partial charge >= 0.3 is 0 Å². The molecule has 208 valence electrons. The molecular formula is C31H28N4O4S2. The molecule has 2 aromatic heterocycles. The van der Waals surface area contributed by atoms with Crippen molar-refractivity contribution < 1.29 is 17.9 Å². The number of nitrogens with zero attached hydrogens (tertiary/aromatic N) is 4. The van der Waals surface area contributed by atoms with Crippen LogP contribution in [0.25, 0.3) is 10.2 Å². The molecule has 0 spiro atoms. The number of carbonyl (C=O) groups is 1. The van der Waals surface area contributed by atoms with Crippen LogP contribution in [0.1, 0.15) is 34.8 Å². The van der Waals surface area contributed by atoms with Crippen LogP contribution >= 0.6 is 11.3 Å². The van der Waals surface area contributed by atoms with E-state index in [1.54, 1.807) is 29.4 Å². The van der Waals surface area contributed by atoms with E-state index in [0.29, 0.717) is 29.5 Å². The highest BCUT2D eigenvalue weighted by Gasteiger charge is 2.29. The molecular weight excluding hydrogens is 556 g/mol. The predicted octanol–water partition coefficient (Wildman–Crippen LogP) is 6.08. The minimum Gasteiger partial charge on any atom is -0.494 e. The second-order valence-corrected chi connectivity index (χ2v) is 12.5. The molecule has 3 aromatic carbocycles. The molecule has 0 radical (unpaired) electrons. The van der Waals surface area contributed by atoms with Crippen LogP contribution in [0, 0.1) is 0 Å². The highest BCUT2D eigenvalue weighted by molar-refractivity contribution is 7.92. The van der Waals surface area contributed by atoms with Gasteiger partial charge in [-0.1, -0.05) is 35.6 Å². The van der Waals surface area contributed by atoms with Gasteiger partial charge in [0.05, 0.1) is 34.0 Å². The van der Waals surface area contributed by atoms with Gasteiger partial charge in [0.15, 0.2) is 5.13 Å². The van der Waals surface area contributed by atoms with Crippen LogP contribution in [0.15, 0.2) is 96.2 Å². The van der Waals surface area contributed by atoms with Crippen molar-refractivity contribution in [3.63, 3.8) is 0 Å². The molecule has 1 aliphatic heterocycles. The van der Waals surface area contributed by atoms with Crippen LogP contribution in [0.5, 0.6) is 5.75 Å². The molecule has 0 aliphatic carbocycles. The number of amides is 1. The molecule has 0 atom stereocenters. The zero-order valence-electron chi connectivity index (χ0n) is 22.4. The van der Waals surface area contributed by atoms with E-state index in [2.05, 4.69) is 4.98 Å². The van der Waals surface area contributed by atoms with E-state index in [-0.39, 0.29) is 17.3 Å². The second-order valence-electron chi connectivity index (χ2n) is 9.65. The second kappa shape index (κ2) is 11.3. The number of pyridine rings is 1. The number of anilines is 2. The molecule has 10 heteroatoms. The number of carbonyl (C=O) groups excluding carboxylic acids is 1. The van der Waals surface area contributed by atoms with Gasteiger partial charge in [0, 0.05) is 24.5 Å². The Morgan fingerprint density at radius 3 is 2.66 bits per heavy atom. The molecule has 41 heavy (non-hydrogen) atoms. The Hall–Kier alpha value is -4.28. The summed E-state index contributed by atoms with van der Waals surface area (Å²) < 4.78 is 35.2. The topological polar surface area (TPSA) is 92.7 Å². The van der Waals surface area contributed by atoms with Crippen LogP contribution in [0.3, 0.4) is 0 Å². The first-order valence-electron chi connectivity index (χ1n) is 13.4. The average molecular weight is 585 g/mol. The molecule has 0 saturated heterocycles. The molecule has 0 fully saturated rings. The number of hydrogen-bond acceptors (Lipinski definition) is 7. The number of benzene rings is 3. The fraction of sp³-hybridized carbons (Fsp3) is 0.194. The quantitative estimate of drug-likeness (QED) is 0.220. The summed E-state index contributed by atoms with van der Waals surface area (Å²) in [6, 6.07) is 23.1. The maximum atomic E-state index is 13.9. The summed E-state index contributed by atoms with van der Waals surface area (Å²) in [5, 5.41) is 0.532. The third-order valence-corrected chi connectivity index (χ3v) is 9.82. The smallest absolute Gasteiger partial charge is 0.264 e. The molecule has 1 amide bonds. The zero-order chi connectivity index (χ0) is 28.4. The molecule has 0 saturated carbocycles. The molecule has 0 bridgehead atoms. The maximum absolute atomic E-state index is 13.9. The summed E-state index contributed by atoms with van der Waals surface area (Å²) in [7, 11) is -3.79. The Morgan fingerprint density at radius 2 is 1.88 bits per heavy atom. The Balaban J connectivity index is 1.32. The molecule has 0 unspecified atom stereocenters. The number of fused-ring (bicyclic) bond motifs is 2. The highest BCUT2D eigenvalue weighted by Crippen LogP contribution is 2.34. The highest BCUT2D eigenvalue weighted by atomic mass is 32.2. The summed E-state index contributed by atoms with van der Waals surface area (Å²) in [4.78, 5) is 24.6. The van der Waals surface area contributed by atoms with E-state index in [9.17, 15) is 13.2 Å². The summed E-state index contributed by atoms with van der Waals surface area (Å²) in [5.41, 5.74) is 3.70. The van der Waals surface area contributed by atoms with E-state index in [1.807, 2.05) is 61.5 Å². The number of rotatable bonds is 8. The third kappa shape index (κ3) is 5.40. The molecule has 6 rings (SSSR count). The largest absolute Gasteiger partial charge is 0.494 e. The van der Waals surface area contributed by atoms with Gasteiger partial charge in [-0.05, 0) is 85.5 Å². The van der Waals surface area contributed by atoms with Gasteiger partial charge in [0.2, 0.25) is 0 Å². The first-order valence-corrected chi connectivity index (χ1v) is 15.6. The lowest BCUT2D eigenvalue weighted by Gasteiger charge is -2.30. The van der Waals surface area contributed by atoms with Crippen molar-refractivity contribution in [2.24, 2.45) is 0 Å². The Morgan fingerprint density at radius 1 is 1.05 bits per heavy atom. The first kappa shape index (κ1) is 26.9. The predicted molar refractivity (Wildman–Crippen MR) is 161 cm³/mol. The number of aryl methyl sites for hydroxylation is 1. The van der Waals surface area contributed by atoms with Gasteiger partial charge in [0.25, 0.3) is 15.9 Å². The summed E-state index contributed by atoms with van der Waals surface area (Å²) in [6.45, 7) is 3.16. The van der Waals surface area contributed by atoms with Gasteiger partial charge in [-0.3, -0.25) is 19.0 Å². The number of ether oxygens (including phenoxy) is 1. The number of thiazole rings is 1. The van der Waals surface area contributed by atoms with Crippen LogP contribution < -0.4 is 13.9 Å². The Labute approximate surface area is 242 Å². The van der Waals surface area contributed by atoms with Gasteiger partial charge in [-0.25, -0.2) is 13.4 Å². The lowest BCUT2D eigenvalue weighted by molar-refractivity contribution is 0.0985.